The van der Waals surface area contributed by atoms with Crippen molar-refractivity contribution in [3.05, 3.63) is 86.5 Å². The fourth-order valence-electron chi connectivity index (χ4n) is 3.64. The smallest absolute Gasteiger partial charge is 0.294 e. The highest BCUT2D eigenvalue weighted by Crippen LogP contribution is 2.35. The highest BCUT2D eigenvalue weighted by molar-refractivity contribution is 8.18. The van der Waals surface area contributed by atoms with Gasteiger partial charge in [0.2, 0.25) is 5.91 Å². The molecule has 3 amide bonds. The molecular weight excluding hydrogens is 482 g/mol. The molecule has 3 aromatic rings. The predicted octanol–water partition coefficient (Wildman–Crippen LogP) is 5.96. The molecule has 184 valence electrons. The average Bonchev–Trinajstić information content (AvgIpc) is 3.39. The van der Waals surface area contributed by atoms with Crippen LogP contribution in [0.25, 0.3) is 17.4 Å². The molecule has 1 aromatic heterocycles. The summed E-state index contributed by atoms with van der Waals surface area (Å²) in [6.45, 7) is 5.46. The van der Waals surface area contributed by atoms with E-state index in [0.717, 1.165) is 16.0 Å². The molecule has 1 N–H and O–H groups in total. The number of nitro groups is 1. The number of rotatable bonds is 7. The lowest BCUT2D eigenvalue weighted by Gasteiger charge is -2.13. The van der Waals surface area contributed by atoms with Crippen molar-refractivity contribution < 1.29 is 23.7 Å². The molecule has 10 heteroatoms. The fraction of sp³-hybridized carbons (Fsp3) is 0.192. The Labute approximate surface area is 211 Å². The highest BCUT2D eigenvalue weighted by Gasteiger charge is 2.36. The molecule has 2 aromatic carbocycles. The Balaban J connectivity index is 1.46. The number of carbonyl (C=O) groups excluding carboxylic acids is 3. The number of aryl methyl sites for hydroxylation is 1. The van der Waals surface area contributed by atoms with Crippen LogP contribution >= 0.6 is 11.8 Å². The SMILES string of the molecule is Cc1ccc(-c2ccc(/C=C3/SC(=O)N(CC(=O)Nc4ccc(C(C)C)cc4)C3=O)o2)c([N+](=O)[O-])c1. The molecule has 36 heavy (non-hydrogen) atoms. The van der Waals surface area contributed by atoms with E-state index in [9.17, 15) is 24.5 Å². The largest absolute Gasteiger partial charge is 0.456 e. The van der Waals surface area contributed by atoms with Crippen LogP contribution in [0.3, 0.4) is 0 Å². The second-order valence-corrected chi connectivity index (χ2v) is 9.57. The van der Waals surface area contributed by atoms with Crippen LogP contribution in [-0.4, -0.2) is 33.4 Å². The molecule has 0 spiro atoms. The van der Waals surface area contributed by atoms with Crippen LogP contribution in [0, 0.1) is 17.0 Å². The predicted molar refractivity (Wildman–Crippen MR) is 137 cm³/mol. The normalized spacial score (nSPS) is 14.7. The van der Waals surface area contributed by atoms with E-state index in [-0.39, 0.29) is 22.1 Å². The van der Waals surface area contributed by atoms with Crippen LogP contribution in [0.2, 0.25) is 0 Å². The van der Waals surface area contributed by atoms with E-state index in [1.54, 1.807) is 43.3 Å². The number of nitrogens with zero attached hydrogens (tertiary/aromatic N) is 2. The van der Waals surface area contributed by atoms with E-state index in [2.05, 4.69) is 19.2 Å². The molecule has 1 saturated heterocycles. The molecule has 0 unspecified atom stereocenters. The number of nitro benzene ring substituents is 1. The van der Waals surface area contributed by atoms with Gasteiger partial charge in [-0.3, -0.25) is 29.4 Å². The Bertz CT molecular complexity index is 1390. The molecule has 1 fully saturated rings. The van der Waals surface area contributed by atoms with Gasteiger partial charge in [-0.25, -0.2) is 0 Å². The summed E-state index contributed by atoms with van der Waals surface area (Å²) in [5, 5.41) is 13.5. The summed E-state index contributed by atoms with van der Waals surface area (Å²) in [5.41, 5.74) is 2.64. The number of anilines is 1. The van der Waals surface area contributed by atoms with Crippen molar-refractivity contribution in [2.45, 2.75) is 26.7 Å². The van der Waals surface area contributed by atoms with Gasteiger partial charge in [-0.1, -0.05) is 32.0 Å². The minimum atomic E-state index is -0.616. The first-order valence-corrected chi connectivity index (χ1v) is 11.9. The summed E-state index contributed by atoms with van der Waals surface area (Å²) in [6.07, 6.45) is 1.39. The number of imide groups is 1. The van der Waals surface area contributed by atoms with Crippen molar-refractivity contribution in [1.82, 2.24) is 4.90 Å². The minimum Gasteiger partial charge on any atom is -0.456 e. The zero-order valence-corrected chi connectivity index (χ0v) is 20.6. The van der Waals surface area contributed by atoms with Crippen LogP contribution in [0.15, 0.2) is 63.9 Å². The first-order valence-electron chi connectivity index (χ1n) is 11.1. The van der Waals surface area contributed by atoms with Crippen molar-refractivity contribution in [2.24, 2.45) is 0 Å². The third-order valence-electron chi connectivity index (χ3n) is 5.55. The lowest BCUT2D eigenvalue weighted by molar-refractivity contribution is -0.384. The summed E-state index contributed by atoms with van der Waals surface area (Å²) < 4.78 is 5.71. The molecule has 0 bridgehead atoms. The van der Waals surface area contributed by atoms with Crippen molar-refractivity contribution >= 4 is 46.3 Å². The molecule has 0 radical (unpaired) electrons. The number of nitrogens with one attached hydrogen (secondary N) is 1. The third-order valence-corrected chi connectivity index (χ3v) is 6.46. The van der Waals surface area contributed by atoms with Crippen LogP contribution in [0.1, 0.15) is 36.7 Å². The van der Waals surface area contributed by atoms with Gasteiger partial charge in [0.05, 0.1) is 15.4 Å². The topological polar surface area (TPSA) is 123 Å². The second-order valence-electron chi connectivity index (χ2n) is 8.57. The summed E-state index contributed by atoms with van der Waals surface area (Å²) in [4.78, 5) is 49.5. The maximum Gasteiger partial charge on any atom is 0.294 e. The van der Waals surface area contributed by atoms with E-state index in [4.69, 9.17) is 4.42 Å². The maximum absolute atomic E-state index is 12.8. The summed E-state index contributed by atoms with van der Waals surface area (Å²) >= 11 is 0.695. The molecule has 2 heterocycles. The molecule has 1 aliphatic rings. The van der Waals surface area contributed by atoms with E-state index in [1.807, 2.05) is 12.1 Å². The molecule has 0 aliphatic carbocycles. The van der Waals surface area contributed by atoms with Crippen molar-refractivity contribution in [3.63, 3.8) is 0 Å². The monoisotopic (exact) mass is 505 g/mol. The number of hydrogen-bond acceptors (Lipinski definition) is 7. The van der Waals surface area contributed by atoms with Gasteiger partial charge < -0.3 is 9.73 Å². The Hall–Kier alpha value is -4.18. The molecular formula is C26H23N3O6S. The van der Waals surface area contributed by atoms with Crippen molar-refractivity contribution in [2.75, 3.05) is 11.9 Å². The fourth-order valence-corrected chi connectivity index (χ4v) is 4.46. The van der Waals surface area contributed by atoms with E-state index in [0.29, 0.717) is 28.9 Å². The van der Waals surface area contributed by atoms with Gasteiger partial charge in [-0.2, -0.15) is 0 Å². The highest BCUT2D eigenvalue weighted by atomic mass is 32.2. The van der Waals surface area contributed by atoms with E-state index >= 15 is 0 Å². The van der Waals surface area contributed by atoms with Gasteiger partial charge in [0, 0.05) is 17.8 Å². The van der Waals surface area contributed by atoms with E-state index < -0.39 is 28.5 Å². The van der Waals surface area contributed by atoms with Crippen molar-refractivity contribution in [3.8, 4) is 11.3 Å². The number of carbonyl (C=O) groups is 3. The quantitative estimate of drug-likeness (QED) is 0.239. The van der Waals surface area contributed by atoms with Gasteiger partial charge in [-0.15, -0.1) is 0 Å². The van der Waals surface area contributed by atoms with Crippen LogP contribution < -0.4 is 5.32 Å². The summed E-state index contributed by atoms with van der Waals surface area (Å²) in [5.74, 6) is -0.249. The standard InChI is InChI=1S/C26H23N3O6S/c1-15(2)17-5-7-18(8-6-17)27-24(30)14-28-25(31)23(36-26(28)32)13-19-9-11-22(35-19)20-10-4-16(3)12-21(20)29(33)34/h4-13,15H,14H2,1-3H3,(H,27,30)/b23-13+. The zero-order valence-electron chi connectivity index (χ0n) is 19.8. The summed E-state index contributed by atoms with van der Waals surface area (Å²) in [6, 6.07) is 15.3. The molecule has 1 aliphatic heterocycles. The van der Waals surface area contributed by atoms with Gasteiger partial charge in [0.1, 0.15) is 18.1 Å². The maximum atomic E-state index is 12.8. The molecule has 4 rings (SSSR count). The van der Waals surface area contributed by atoms with E-state index in [1.165, 1.54) is 12.1 Å². The number of thioether (sulfide) groups is 1. The summed E-state index contributed by atoms with van der Waals surface area (Å²) in [7, 11) is 0. The molecule has 9 nitrogen and oxygen atoms in total. The van der Waals surface area contributed by atoms with Crippen LogP contribution in [0.5, 0.6) is 0 Å². The van der Waals surface area contributed by atoms with Gasteiger partial charge >= 0.3 is 0 Å². The number of hydrogen-bond donors (Lipinski definition) is 1. The zero-order chi connectivity index (χ0) is 26.0. The van der Waals surface area contributed by atoms with Crippen molar-refractivity contribution in [1.29, 1.82) is 0 Å². The lowest BCUT2D eigenvalue weighted by Crippen LogP contribution is -2.36. The number of benzene rings is 2. The minimum absolute atomic E-state index is 0.0911. The molecule has 0 atom stereocenters. The van der Waals surface area contributed by atoms with Gasteiger partial charge in [0.25, 0.3) is 16.8 Å². The third kappa shape index (κ3) is 5.38. The Morgan fingerprint density at radius 1 is 1.14 bits per heavy atom. The second kappa shape index (κ2) is 10.2. The first-order chi connectivity index (χ1) is 17.1. The average molecular weight is 506 g/mol. The Morgan fingerprint density at radius 3 is 2.53 bits per heavy atom. The molecule has 0 saturated carbocycles. The Morgan fingerprint density at radius 2 is 1.86 bits per heavy atom. The number of furan rings is 1. The van der Waals surface area contributed by atoms with Crippen LogP contribution in [-0.2, 0) is 9.59 Å². The van der Waals surface area contributed by atoms with Gasteiger partial charge in [0.15, 0.2) is 0 Å². The number of amides is 3. The lowest BCUT2D eigenvalue weighted by atomic mass is 10.0. The van der Waals surface area contributed by atoms with Gasteiger partial charge in [-0.05, 0) is 66.1 Å². The van der Waals surface area contributed by atoms with Crippen LogP contribution in [0.4, 0.5) is 16.2 Å². The first kappa shape index (κ1) is 24.9. The Kier molecular flexibility index (Phi) is 7.07.